The molecule has 0 N–H and O–H groups in total. The molecule has 0 spiro atoms. The van der Waals surface area contributed by atoms with E-state index >= 15 is 0 Å². The maximum absolute atomic E-state index is 12.8. The maximum atomic E-state index is 12.8. The topological polar surface area (TPSA) is 60.9 Å². The lowest BCUT2D eigenvalue weighted by molar-refractivity contribution is 0.0724. The zero-order valence-electron chi connectivity index (χ0n) is 17.2. The van der Waals surface area contributed by atoms with Crippen LogP contribution in [0.25, 0.3) is 0 Å². The molecule has 4 rings (SSSR count). The predicted molar refractivity (Wildman–Crippen MR) is 117 cm³/mol. The van der Waals surface area contributed by atoms with Crippen LogP contribution in [0.4, 0.5) is 0 Å². The smallest absolute Gasteiger partial charge is 0.253 e. The Hall–Kier alpha value is -2.22. The Morgan fingerprint density at radius 3 is 2.03 bits per heavy atom. The van der Waals surface area contributed by atoms with Crippen LogP contribution in [-0.2, 0) is 16.6 Å². The molecule has 0 radical (unpaired) electrons. The summed E-state index contributed by atoms with van der Waals surface area (Å²) in [5.41, 5.74) is 1.89. The standard InChI is InChI=1S/C23H29N3O3S/c27-23(25-13-5-2-6-14-25)21-11-9-20(10-12-21)19-24-15-17-26(18-16-24)30(28,29)22-7-3-1-4-8-22/h1,3-4,7-12H,2,5-6,13-19H2. The molecule has 2 heterocycles. The number of hydrogen-bond acceptors (Lipinski definition) is 4. The third kappa shape index (κ3) is 4.74. The zero-order valence-corrected chi connectivity index (χ0v) is 18.1. The summed E-state index contributed by atoms with van der Waals surface area (Å²) in [6.45, 7) is 4.84. The molecule has 7 heteroatoms. The highest BCUT2D eigenvalue weighted by Crippen LogP contribution is 2.19. The Labute approximate surface area is 179 Å². The van der Waals surface area contributed by atoms with Crippen molar-refractivity contribution in [3.05, 3.63) is 65.7 Å². The molecule has 1 amide bonds. The van der Waals surface area contributed by atoms with Crippen LogP contribution in [0, 0.1) is 0 Å². The van der Waals surface area contributed by atoms with E-state index in [9.17, 15) is 13.2 Å². The summed E-state index contributed by atoms with van der Waals surface area (Å²) >= 11 is 0. The van der Waals surface area contributed by atoms with Gasteiger partial charge in [-0.25, -0.2) is 8.42 Å². The van der Waals surface area contributed by atoms with Gasteiger partial charge in [-0.1, -0.05) is 30.3 Å². The van der Waals surface area contributed by atoms with Gasteiger partial charge in [0, 0.05) is 51.4 Å². The lowest BCUT2D eigenvalue weighted by atomic mass is 10.1. The van der Waals surface area contributed by atoms with E-state index in [0.717, 1.165) is 43.6 Å². The van der Waals surface area contributed by atoms with Gasteiger partial charge in [0.25, 0.3) is 5.91 Å². The van der Waals surface area contributed by atoms with E-state index in [1.54, 1.807) is 28.6 Å². The Bertz CT molecular complexity index is 947. The Kier molecular flexibility index (Phi) is 6.51. The molecular weight excluding hydrogens is 398 g/mol. The van der Waals surface area contributed by atoms with E-state index in [-0.39, 0.29) is 5.91 Å². The predicted octanol–water partition coefficient (Wildman–Crippen LogP) is 2.82. The van der Waals surface area contributed by atoms with Crippen LogP contribution in [0.2, 0.25) is 0 Å². The lowest BCUT2D eigenvalue weighted by Crippen LogP contribution is -2.48. The number of piperazine rings is 1. The number of amides is 1. The summed E-state index contributed by atoms with van der Waals surface area (Å²) in [4.78, 5) is 17.2. The molecule has 0 atom stereocenters. The fraction of sp³-hybridized carbons (Fsp3) is 0.435. The van der Waals surface area contributed by atoms with Crippen LogP contribution in [0.1, 0.15) is 35.2 Å². The van der Waals surface area contributed by atoms with Crippen LogP contribution in [0.15, 0.2) is 59.5 Å². The molecule has 2 fully saturated rings. The number of rotatable bonds is 5. The molecule has 2 aliphatic rings. The SMILES string of the molecule is O=C(c1ccc(CN2CCN(S(=O)(=O)c3ccccc3)CC2)cc1)N1CCCCC1. The molecule has 30 heavy (non-hydrogen) atoms. The van der Waals surface area contributed by atoms with Gasteiger partial charge in [0.2, 0.25) is 10.0 Å². The molecule has 0 saturated carbocycles. The highest BCUT2D eigenvalue weighted by molar-refractivity contribution is 7.89. The largest absolute Gasteiger partial charge is 0.339 e. The Balaban J connectivity index is 1.31. The summed E-state index contributed by atoms with van der Waals surface area (Å²) in [5, 5.41) is 0. The van der Waals surface area contributed by atoms with Crippen LogP contribution >= 0.6 is 0 Å². The van der Waals surface area contributed by atoms with Crippen molar-refractivity contribution in [3.63, 3.8) is 0 Å². The molecule has 0 bridgehead atoms. The summed E-state index contributed by atoms with van der Waals surface area (Å²) in [6.07, 6.45) is 3.40. The molecule has 0 unspecified atom stereocenters. The first-order chi connectivity index (χ1) is 14.5. The summed E-state index contributed by atoms with van der Waals surface area (Å²) in [7, 11) is -3.42. The Morgan fingerprint density at radius 2 is 1.40 bits per heavy atom. The Morgan fingerprint density at radius 1 is 0.767 bits per heavy atom. The maximum Gasteiger partial charge on any atom is 0.253 e. The van der Waals surface area contributed by atoms with Crippen LogP contribution in [-0.4, -0.2) is 67.7 Å². The van der Waals surface area contributed by atoms with Gasteiger partial charge < -0.3 is 4.90 Å². The molecule has 2 aromatic carbocycles. The number of sulfonamides is 1. The van der Waals surface area contributed by atoms with Crippen LogP contribution in [0.3, 0.4) is 0 Å². The number of piperidine rings is 1. The zero-order chi connectivity index (χ0) is 21.0. The molecule has 2 aliphatic heterocycles. The minimum absolute atomic E-state index is 0.126. The minimum atomic E-state index is -3.42. The first kappa shape index (κ1) is 21.0. The van der Waals surface area contributed by atoms with E-state index in [1.807, 2.05) is 35.2 Å². The summed E-state index contributed by atoms with van der Waals surface area (Å²) in [5.74, 6) is 0.126. The van der Waals surface area contributed by atoms with Gasteiger partial charge in [0.1, 0.15) is 0 Å². The summed E-state index contributed by atoms with van der Waals surface area (Å²) < 4.78 is 27.1. The molecule has 2 aromatic rings. The van der Waals surface area contributed by atoms with Crippen LogP contribution < -0.4 is 0 Å². The van der Waals surface area contributed by atoms with Gasteiger partial charge in [0.15, 0.2) is 0 Å². The molecular formula is C23H29N3O3S. The van der Waals surface area contributed by atoms with Crippen molar-refractivity contribution in [3.8, 4) is 0 Å². The first-order valence-electron chi connectivity index (χ1n) is 10.7. The fourth-order valence-electron chi connectivity index (χ4n) is 4.16. The van der Waals surface area contributed by atoms with Crippen molar-refractivity contribution >= 4 is 15.9 Å². The quantitative estimate of drug-likeness (QED) is 0.736. The molecule has 0 aliphatic carbocycles. The van der Waals surface area contributed by atoms with Crippen molar-refractivity contribution in [1.82, 2.24) is 14.1 Å². The molecule has 2 saturated heterocycles. The van der Waals surface area contributed by atoms with Gasteiger partial charge in [-0.05, 0) is 49.1 Å². The van der Waals surface area contributed by atoms with Gasteiger partial charge >= 0.3 is 0 Å². The monoisotopic (exact) mass is 427 g/mol. The van der Waals surface area contributed by atoms with E-state index in [4.69, 9.17) is 0 Å². The highest BCUT2D eigenvalue weighted by atomic mass is 32.2. The minimum Gasteiger partial charge on any atom is -0.339 e. The van der Waals surface area contributed by atoms with Crippen molar-refractivity contribution in [2.24, 2.45) is 0 Å². The average molecular weight is 428 g/mol. The molecule has 0 aromatic heterocycles. The number of hydrogen-bond donors (Lipinski definition) is 0. The van der Waals surface area contributed by atoms with Crippen molar-refractivity contribution in [2.75, 3.05) is 39.3 Å². The third-order valence-electron chi connectivity index (χ3n) is 5.96. The lowest BCUT2D eigenvalue weighted by Gasteiger charge is -2.34. The van der Waals surface area contributed by atoms with Crippen LogP contribution in [0.5, 0.6) is 0 Å². The number of benzene rings is 2. The number of carbonyl (C=O) groups is 1. The molecule has 160 valence electrons. The van der Waals surface area contributed by atoms with E-state index in [1.165, 1.54) is 6.42 Å². The second-order valence-electron chi connectivity index (χ2n) is 8.04. The fourth-order valence-corrected chi connectivity index (χ4v) is 5.60. The highest BCUT2D eigenvalue weighted by Gasteiger charge is 2.28. The normalized spacial score (nSPS) is 19.0. The van der Waals surface area contributed by atoms with Gasteiger partial charge in [-0.3, -0.25) is 9.69 Å². The van der Waals surface area contributed by atoms with E-state index < -0.39 is 10.0 Å². The number of nitrogens with zero attached hydrogens (tertiary/aromatic N) is 3. The second-order valence-corrected chi connectivity index (χ2v) is 9.98. The van der Waals surface area contributed by atoms with Crippen molar-refractivity contribution in [2.45, 2.75) is 30.7 Å². The average Bonchev–Trinajstić information content (AvgIpc) is 2.81. The van der Waals surface area contributed by atoms with Gasteiger partial charge in [-0.15, -0.1) is 0 Å². The second kappa shape index (κ2) is 9.29. The van der Waals surface area contributed by atoms with Gasteiger partial charge in [-0.2, -0.15) is 4.31 Å². The van der Waals surface area contributed by atoms with Crippen molar-refractivity contribution < 1.29 is 13.2 Å². The first-order valence-corrected chi connectivity index (χ1v) is 12.1. The van der Waals surface area contributed by atoms with E-state index in [2.05, 4.69) is 4.90 Å². The van der Waals surface area contributed by atoms with Gasteiger partial charge in [0.05, 0.1) is 4.90 Å². The third-order valence-corrected chi connectivity index (χ3v) is 7.88. The summed E-state index contributed by atoms with van der Waals surface area (Å²) in [6, 6.07) is 16.5. The number of carbonyl (C=O) groups excluding carboxylic acids is 1. The number of likely N-dealkylation sites (tertiary alicyclic amines) is 1. The van der Waals surface area contributed by atoms with Crippen molar-refractivity contribution in [1.29, 1.82) is 0 Å². The van der Waals surface area contributed by atoms with E-state index in [0.29, 0.717) is 31.1 Å². The molecule has 6 nitrogen and oxygen atoms in total.